The number of aromatic amines is 1. The Hall–Kier alpha value is -7.35. The molecule has 4 rings (SSSR count). The van der Waals surface area contributed by atoms with E-state index in [-0.39, 0.29) is 79.3 Å². The molecule has 408 valence electrons. The van der Waals surface area contributed by atoms with E-state index in [2.05, 4.69) is 47.2 Å². The third kappa shape index (κ3) is 21.2. The van der Waals surface area contributed by atoms with E-state index in [9.17, 15) is 53.1 Å². The molecule has 75 heavy (non-hydrogen) atoms. The minimum atomic E-state index is -1.76. The predicted octanol–water partition coefficient (Wildman–Crippen LogP) is -0.876. The Morgan fingerprint density at radius 3 is 2.15 bits per heavy atom. The average Bonchev–Trinajstić information content (AvgIpc) is 4.01. The van der Waals surface area contributed by atoms with E-state index in [1.54, 1.807) is 24.4 Å². The summed E-state index contributed by atoms with van der Waals surface area (Å²) in [7, 11) is 0. The number of likely N-dealkylation sites (tertiary alicyclic amines) is 1. The fourth-order valence-corrected chi connectivity index (χ4v) is 10.1. The van der Waals surface area contributed by atoms with Gasteiger partial charge in [-0.3, -0.25) is 52.9 Å². The summed E-state index contributed by atoms with van der Waals surface area (Å²) in [6.07, 6.45) is 2.56. The van der Waals surface area contributed by atoms with Gasteiger partial charge in [0.05, 0.1) is 24.7 Å². The Bertz CT molecular complexity index is 2520. The van der Waals surface area contributed by atoms with Crippen LogP contribution in [0.4, 0.5) is 0 Å². The molecule has 0 bridgehead atoms. The first kappa shape index (κ1) is 60.2. The zero-order valence-corrected chi connectivity index (χ0v) is 43.9. The molecule has 0 spiro atoms. The molecule has 0 radical (unpaired) electrons. The molecule has 0 saturated carbocycles. The van der Waals surface area contributed by atoms with Gasteiger partial charge in [0.15, 0.2) is 5.96 Å². The van der Waals surface area contributed by atoms with E-state index < -0.39 is 90.5 Å². The number of carboxylic acid groups (broad SMARTS) is 1. The van der Waals surface area contributed by atoms with Crippen molar-refractivity contribution in [2.24, 2.45) is 22.2 Å². The maximum Gasteiger partial charge on any atom is 0.305 e. The number of guanidine groups is 1. The van der Waals surface area contributed by atoms with Crippen molar-refractivity contribution < 1.29 is 53.1 Å². The number of carbonyl (C=O) groups excluding carboxylic acids is 9. The number of nitrogens with one attached hydrogen (secondary N) is 8. The van der Waals surface area contributed by atoms with Crippen LogP contribution >= 0.6 is 23.5 Å². The van der Waals surface area contributed by atoms with Crippen LogP contribution in [0.1, 0.15) is 75.5 Å². The van der Waals surface area contributed by atoms with Gasteiger partial charge >= 0.3 is 5.97 Å². The van der Waals surface area contributed by atoms with Gasteiger partial charge in [-0.1, -0.05) is 48.0 Å². The topological polar surface area (TPSA) is 385 Å². The lowest BCUT2D eigenvalue weighted by molar-refractivity contribution is -0.143. The summed E-state index contributed by atoms with van der Waals surface area (Å²) < 4.78 is 0. The summed E-state index contributed by atoms with van der Waals surface area (Å²) in [6.45, 7) is 4.26. The first-order chi connectivity index (χ1) is 35.7. The molecule has 15 N–H and O–H groups in total. The van der Waals surface area contributed by atoms with Gasteiger partial charge in [0.25, 0.3) is 0 Å². The van der Waals surface area contributed by atoms with Crippen LogP contribution in [0.3, 0.4) is 0 Å². The third-order valence-corrected chi connectivity index (χ3v) is 13.9. The number of aliphatic imine (C=N–C) groups is 1. The largest absolute Gasteiger partial charge is 0.481 e. The molecule has 0 aliphatic carbocycles. The molecule has 24 nitrogen and oxygen atoms in total. The number of fused-ring (bicyclic) bond motifs is 1. The normalized spacial score (nSPS) is 15.0. The lowest BCUT2D eigenvalue weighted by Gasteiger charge is -2.30. The number of thioether (sulfide) groups is 2. The minimum Gasteiger partial charge on any atom is -0.481 e. The fraction of sp³-hybridized carbons (Fsp3) is 0.490. The van der Waals surface area contributed by atoms with Gasteiger partial charge in [0.2, 0.25) is 53.2 Å². The molecule has 1 unspecified atom stereocenters. The van der Waals surface area contributed by atoms with Crippen molar-refractivity contribution >= 4 is 99.5 Å². The molecule has 1 aliphatic heterocycles. The van der Waals surface area contributed by atoms with Gasteiger partial charge < -0.3 is 69.4 Å². The molecular formula is C49H69N13O11S2. The second-order valence-electron chi connectivity index (χ2n) is 17.9. The van der Waals surface area contributed by atoms with Crippen LogP contribution < -0.4 is 54.4 Å². The summed E-state index contributed by atoms with van der Waals surface area (Å²) in [4.78, 5) is 139. The van der Waals surface area contributed by atoms with Crippen molar-refractivity contribution in [1.29, 1.82) is 0 Å². The number of unbranched alkanes of at least 4 members (excludes halogenated alkanes) is 1. The molecule has 2 heterocycles. The van der Waals surface area contributed by atoms with Gasteiger partial charge in [-0.2, -0.15) is 0 Å². The number of primary amides is 1. The number of aliphatic carboxylic acids is 1. The van der Waals surface area contributed by atoms with Crippen LogP contribution in [0.15, 0.2) is 59.7 Å². The Labute approximate surface area is 442 Å². The maximum atomic E-state index is 14.6. The average molecular weight is 1080 g/mol. The molecule has 1 aliphatic rings. The minimum absolute atomic E-state index is 0.0265. The maximum absolute atomic E-state index is 14.6. The van der Waals surface area contributed by atoms with Gasteiger partial charge in [-0.25, -0.2) is 0 Å². The number of hydrogen-bond acceptors (Lipinski definition) is 13. The highest BCUT2D eigenvalue weighted by atomic mass is 32.2. The fourth-order valence-electron chi connectivity index (χ4n) is 8.04. The van der Waals surface area contributed by atoms with Gasteiger partial charge in [0.1, 0.15) is 30.2 Å². The Morgan fingerprint density at radius 2 is 1.47 bits per heavy atom. The Kier molecular flexibility index (Phi) is 24.7. The smallest absolute Gasteiger partial charge is 0.305 e. The van der Waals surface area contributed by atoms with E-state index >= 15 is 0 Å². The van der Waals surface area contributed by atoms with Gasteiger partial charge in [-0.15, -0.1) is 23.5 Å². The number of aryl methyl sites for hydroxylation is 1. The monoisotopic (exact) mass is 1080 g/mol. The molecular weight excluding hydrogens is 1010 g/mol. The number of amides is 9. The first-order valence-corrected chi connectivity index (χ1v) is 26.5. The molecule has 1 saturated heterocycles. The highest BCUT2D eigenvalue weighted by Gasteiger charge is 2.40. The molecule has 3 aromatic rings. The quantitative estimate of drug-likeness (QED) is 0.0161. The van der Waals surface area contributed by atoms with Crippen LogP contribution in [0, 0.1) is 6.92 Å². The zero-order valence-electron chi connectivity index (χ0n) is 42.2. The van der Waals surface area contributed by atoms with Gasteiger partial charge in [-0.05, 0) is 62.6 Å². The summed E-state index contributed by atoms with van der Waals surface area (Å²) in [5, 5.41) is 28.4. The number of carboxylic acids is 1. The zero-order chi connectivity index (χ0) is 55.0. The number of nitrogens with zero attached hydrogens (tertiary/aromatic N) is 2. The Balaban J connectivity index is 1.49. The van der Waals surface area contributed by atoms with Gasteiger partial charge in [0, 0.05) is 67.9 Å². The number of carbonyl (C=O) groups is 10. The molecule has 6 atom stereocenters. The molecule has 26 heteroatoms. The highest BCUT2D eigenvalue weighted by molar-refractivity contribution is 8.00. The molecule has 1 fully saturated rings. The van der Waals surface area contributed by atoms with Crippen molar-refractivity contribution in [3.63, 3.8) is 0 Å². The third-order valence-electron chi connectivity index (χ3n) is 11.9. The van der Waals surface area contributed by atoms with Crippen LogP contribution in [0.25, 0.3) is 10.9 Å². The summed E-state index contributed by atoms with van der Waals surface area (Å²) in [5.41, 5.74) is 19.8. The molecule has 1 aromatic heterocycles. The number of rotatable bonds is 31. The van der Waals surface area contributed by atoms with Crippen molar-refractivity contribution in [3.8, 4) is 0 Å². The van der Waals surface area contributed by atoms with Crippen molar-refractivity contribution in [2.45, 2.75) is 114 Å². The van der Waals surface area contributed by atoms with E-state index in [0.717, 1.165) is 33.8 Å². The standard InChI is InChI=1S/C49H69N13O11S2/c1-28-13-15-31(16-14-28)19-33(75-27-57-30(3)64)21-41(65)58-36(11-6-7-17-53-49(51)52)45(70)55-24-42(66)59-37(22-43(67)68)46(71)60-38(20-32-23-54-35-10-5-4-9-34(32)35)48(73)62-18-8-12-40(62)47(72)61-39(44(50)69)25-74-26-56-29(2)63/h4-5,9-10,13-16,23,33,36-40,54H,6-8,11-12,17-22,24-27H2,1-3H3,(H2,50,69)(H,55,70)(H,56,63)(H,57,64)(H,58,65)(H,59,66)(H,60,71)(H,61,72)(H,67,68)(H4,51,52,53)/t33?,36-,37-,38-,39-,40-/m0/s1. The number of hydrogen-bond donors (Lipinski definition) is 12. The van der Waals surface area contributed by atoms with Crippen LogP contribution in [-0.4, -0.2) is 153 Å². The second kappa shape index (κ2) is 30.8. The van der Waals surface area contributed by atoms with Crippen LogP contribution in [0.2, 0.25) is 0 Å². The lowest BCUT2D eigenvalue weighted by atomic mass is 10.0. The van der Waals surface area contributed by atoms with E-state index in [1.165, 1.54) is 30.5 Å². The summed E-state index contributed by atoms with van der Waals surface area (Å²) >= 11 is 2.51. The van der Waals surface area contributed by atoms with E-state index in [1.807, 2.05) is 37.3 Å². The molecule has 2 aromatic carbocycles. The van der Waals surface area contributed by atoms with Crippen molar-refractivity contribution in [3.05, 3.63) is 71.4 Å². The summed E-state index contributed by atoms with van der Waals surface area (Å²) in [6, 6.07) is 8.44. The second-order valence-corrected chi connectivity index (χ2v) is 20.3. The van der Waals surface area contributed by atoms with E-state index in [0.29, 0.717) is 31.2 Å². The molecule has 9 amide bonds. The summed E-state index contributed by atoms with van der Waals surface area (Å²) in [5.74, 6) is -7.15. The first-order valence-electron chi connectivity index (χ1n) is 24.3. The lowest BCUT2D eigenvalue weighted by Crippen LogP contribution is -2.59. The van der Waals surface area contributed by atoms with Crippen LogP contribution in [-0.2, 0) is 60.8 Å². The Morgan fingerprint density at radius 1 is 0.773 bits per heavy atom. The van der Waals surface area contributed by atoms with Crippen LogP contribution in [0.5, 0.6) is 0 Å². The number of aromatic nitrogens is 1. The number of benzene rings is 2. The number of nitrogens with two attached hydrogens (primary N) is 3. The van der Waals surface area contributed by atoms with E-state index in [4.69, 9.17) is 17.2 Å². The predicted molar refractivity (Wildman–Crippen MR) is 284 cm³/mol. The van der Waals surface area contributed by atoms with Crippen molar-refractivity contribution in [1.82, 2.24) is 47.1 Å². The number of para-hydroxylation sites is 1. The van der Waals surface area contributed by atoms with Crippen molar-refractivity contribution in [2.75, 3.05) is 37.1 Å². The highest BCUT2D eigenvalue weighted by Crippen LogP contribution is 2.24. The number of H-pyrrole nitrogens is 1. The SMILES string of the molecule is CC(=O)NCSC[C@H](NC(=O)[C@@H]1CCCN1C(=O)[C@H](Cc1c[nH]c2ccccc12)NC(=O)[C@H](CC(=O)O)NC(=O)CNC(=O)[C@H](CCCCN=C(N)N)NC(=O)CC(Cc1ccc(C)cc1)SCNC(C)=O)C(N)=O.